The van der Waals surface area contributed by atoms with Crippen molar-refractivity contribution in [1.82, 2.24) is 4.90 Å². The number of nitrogens with zero attached hydrogens (tertiary/aromatic N) is 1. The normalized spacial score (nSPS) is 19.3. The number of aliphatic hydroxyl groups is 2. The maximum atomic E-state index is 12.3. The van der Waals surface area contributed by atoms with Crippen LogP contribution in [0.2, 0.25) is 0 Å². The van der Waals surface area contributed by atoms with Crippen molar-refractivity contribution in [3.63, 3.8) is 0 Å². The minimum absolute atomic E-state index is 0.101. The molecule has 2 atom stereocenters. The van der Waals surface area contributed by atoms with Gasteiger partial charge < -0.3 is 15.1 Å². The molecular formula is C16H19NO5S. The van der Waals surface area contributed by atoms with Gasteiger partial charge in [0.05, 0.1) is 23.6 Å². The zero-order chi connectivity index (χ0) is 17.0. The molecule has 1 aromatic rings. The molecule has 0 aliphatic carbocycles. The molecule has 0 spiro atoms. The van der Waals surface area contributed by atoms with Gasteiger partial charge in [0, 0.05) is 11.4 Å². The van der Waals surface area contributed by atoms with Crippen molar-refractivity contribution in [3.8, 4) is 0 Å². The molecule has 0 aromatic carbocycles. The highest BCUT2D eigenvalue weighted by Crippen LogP contribution is 2.23. The predicted octanol–water partition coefficient (Wildman–Crippen LogP) is 0.877. The number of hydrogen-bond donors (Lipinski definition) is 2. The summed E-state index contributed by atoms with van der Waals surface area (Å²) in [6, 6.07) is 2.72. The molecule has 0 saturated carbocycles. The molecule has 1 saturated heterocycles. The first-order valence-electron chi connectivity index (χ1n) is 7.36. The van der Waals surface area contributed by atoms with E-state index in [1.165, 1.54) is 17.9 Å². The molecule has 1 amide bonds. The zero-order valence-corrected chi connectivity index (χ0v) is 13.6. The number of Topliss-reactive ketones (excluding diaryl/α,β-unsaturated/α-hetero) is 2. The lowest BCUT2D eigenvalue weighted by Gasteiger charge is -2.21. The molecule has 1 aromatic heterocycles. The Morgan fingerprint density at radius 1 is 1.43 bits per heavy atom. The molecule has 0 bridgehead atoms. The number of thiophene rings is 1. The van der Waals surface area contributed by atoms with E-state index < -0.39 is 23.8 Å². The highest BCUT2D eigenvalue weighted by molar-refractivity contribution is 7.15. The summed E-state index contributed by atoms with van der Waals surface area (Å²) in [5.41, 5.74) is 0. The van der Waals surface area contributed by atoms with Gasteiger partial charge >= 0.3 is 0 Å². The molecule has 124 valence electrons. The van der Waals surface area contributed by atoms with E-state index in [2.05, 4.69) is 0 Å². The van der Waals surface area contributed by atoms with Gasteiger partial charge in [-0.1, -0.05) is 6.08 Å². The van der Waals surface area contributed by atoms with Crippen molar-refractivity contribution in [2.45, 2.75) is 31.9 Å². The SMILES string of the molecule is CC(=O)C1CCCN1C(=O)C(=O)c1ccc(/C=C/C(O)CO)s1. The van der Waals surface area contributed by atoms with Gasteiger partial charge in [-0.05, 0) is 38.0 Å². The third kappa shape index (κ3) is 4.13. The van der Waals surface area contributed by atoms with E-state index in [1.807, 2.05) is 0 Å². The van der Waals surface area contributed by atoms with Crippen LogP contribution in [0.15, 0.2) is 18.2 Å². The van der Waals surface area contributed by atoms with Crippen LogP contribution in [0, 0.1) is 0 Å². The summed E-state index contributed by atoms with van der Waals surface area (Å²) in [7, 11) is 0. The molecule has 2 rings (SSSR count). The van der Waals surface area contributed by atoms with Gasteiger partial charge in [-0.15, -0.1) is 11.3 Å². The van der Waals surface area contributed by atoms with Crippen LogP contribution in [0.3, 0.4) is 0 Å². The number of likely N-dealkylation sites (tertiary alicyclic amines) is 1. The lowest BCUT2D eigenvalue weighted by molar-refractivity contribution is -0.133. The maximum absolute atomic E-state index is 12.3. The van der Waals surface area contributed by atoms with Crippen molar-refractivity contribution >= 4 is 34.9 Å². The van der Waals surface area contributed by atoms with Gasteiger partial charge in [0.15, 0.2) is 5.78 Å². The number of carbonyl (C=O) groups excluding carboxylic acids is 3. The Morgan fingerprint density at radius 2 is 2.17 bits per heavy atom. The Bertz CT molecular complexity index is 636. The maximum Gasteiger partial charge on any atom is 0.296 e. The second-order valence-corrected chi connectivity index (χ2v) is 6.52. The third-order valence-electron chi connectivity index (χ3n) is 3.70. The van der Waals surface area contributed by atoms with Crippen molar-refractivity contribution in [2.75, 3.05) is 13.2 Å². The number of amides is 1. The highest BCUT2D eigenvalue weighted by atomic mass is 32.1. The molecular weight excluding hydrogens is 318 g/mol. The first kappa shape index (κ1) is 17.5. The van der Waals surface area contributed by atoms with E-state index in [1.54, 1.807) is 18.2 Å². The summed E-state index contributed by atoms with van der Waals surface area (Å²) in [6.45, 7) is 1.48. The summed E-state index contributed by atoms with van der Waals surface area (Å²) >= 11 is 1.13. The van der Waals surface area contributed by atoms with Crippen LogP contribution < -0.4 is 0 Å². The van der Waals surface area contributed by atoms with E-state index >= 15 is 0 Å². The average Bonchev–Trinajstić information content (AvgIpc) is 3.19. The minimum atomic E-state index is -0.959. The number of rotatable bonds is 6. The van der Waals surface area contributed by atoms with Gasteiger partial charge in [0.2, 0.25) is 0 Å². The first-order chi connectivity index (χ1) is 10.9. The molecule has 0 radical (unpaired) electrons. The Balaban J connectivity index is 2.08. The van der Waals surface area contributed by atoms with Crippen LogP contribution in [0.25, 0.3) is 6.08 Å². The summed E-state index contributed by atoms with van der Waals surface area (Å²) in [4.78, 5) is 38.5. The lowest BCUT2D eigenvalue weighted by Crippen LogP contribution is -2.43. The molecule has 23 heavy (non-hydrogen) atoms. The van der Waals surface area contributed by atoms with Gasteiger partial charge in [-0.25, -0.2) is 0 Å². The summed E-state index contributed by atoms with van der Waals surface area (Å²) < 4.78 is 0. The average molecular weight is 337 g/mol. The quantitative estimate of drug-likeness (QED) is 0.593. The fourth-order valence-electron chi connectivity index (χ4n) is 2.50. The third-order valence-corrected chi connectivity index (χ3v) is 4.75. The molecule has 1 aliphatic rings. The molecule has 2 unspecified atom stereocenters. The predicted molar refractivity (Wildman–Crippen MR) is 86.2 cm³/mol. The number of carbonyl (C=O) groups is 3. The van der Waals surface area contributed by atoms with E-state index in [4.69, 9.17) is 5.11 Å². The molecule has 1 aliphatic heterocycles. The van der Waals surface area contributed by atoms with E-state index in [9.17, 15) is 19.5 Å². The van der Waals surface area contributed by atoms with E-state index in [-0.39, 0.29) is 12.4 Å². The second kappa shape index (κ2) is 7.63. The minimum Gasteiger partial charge on any atom is -0.393 e. The van der Waals surface area contributed by atoms with Crippen molar-refractivity contribution < 1.29 is 24.6 Å². The smallest absolute Gasteiger partial charge is 0.296 e. The first-order valence-corrected chi connectivity index (χ1v) is 8.18. The van der Waals surface area contributed by atoms with Gasteiger partial charge in [-0.3, -0.25) is 14.4 Å². The molecule has 1 fully saturated rings. The van der Waals surface area contributed by atoms with E-state index in [0.29, 0.717) is 22.7 Å². The van der Waals surface area contributed by atoms with Crippen LogP contribution in [-0.4, -0.2) is 57.9 Å². The number of hydrogen-bond acceptors (Lipinski definition) is 6. The fourth-order valence-corrected chi connectivity index (χ4v) is 3.35. The summed E-state index contributed by atoms with van der Waals surface area (Å²) in [5.74, 6) is -1.36. The number of ketones is 2. The van der Waals surface area contributed by atoms with Gasteiger partial charge in [0.25, 0.3) is 11.7 Å². The summed E-state index contributed by atoms with van der Waals surface area (Å²) in [6.07, 6.45) is 3.36. The molecule has 2 heterocycles. The fraction of sp³-hybridized carbons (Fsp3) is 0.438. The van der Waals surface area contributed by atoms with Crippen LogP contribution in [0.4, 0.5) is 0 Å². The Labute approximate surface area is 138 Å². The zero-order valence-electron chi connectivity index (χ0n) is 12.8. The topological polar surface area (TPSA) is 94.9 Å². The summed E-state index contributed by atoms with van der Waals surface area (Å²) in [5, 5.41) is 18.0. The Kier molecular flexibility index (Phi) is 5.81. The van der Waals surface area contributed by atoms with Crippen LogP contribution in [0.5, 0.6) is 0 Å². The standard InChI is InChI=1S/C16H19NO5S/c1-10(19)13-3-2-8-17(13)16(22)15(21)14-7-6-12(23-14)5-4-11(20)9-18/h4-7,11,13,18,20H,2-3,8-9H2,1H3/b5-4+. The highest BCUT2D eigenvalue weighted by Gasteiger charge is 2.35. The Hall–Kier alpha value is -1.83. The largest absolute Gasteiger partial charge is 0.393 e. The molecule has 2 N–H and O–H groups in total. The lowest BCUT2D eigenvalue weighted by atomic mass is 10.1. The van der Waals surface area contributed by atoms with Gasteiger partial charge in [0.1, 0.15) is 0 Å². The van der Waals surface area contributed by atoms with Crippen molar-refractivity contribution in [1.29, 1.82) is 0 Å². The van der Waals surface area contributed by atoms with Crippen LogP contribution in [0.1, 0.15) is 34.3 Å². The monoisotopic (exact) mass is 337 g/mol. The Morgan fingerprint density at radius 3 is 2.83 bits per heavy atom. The second-order valence-electron chi connectivity index (χ2n) is 5.41. The van der Waals surface area contributed by atoms with Gasteiger partial charge in [-0.2, -0.15) is 0 Å². The number of aliphatic hydroxyl groups excluding tert-OH is 2. The van der Waals surface area contributed by atoms with Crippen molar-refractivity contribution in [2.24, 2.45) is 0 Å². The van der Waals surface area contributed by atoms with E-state index in [0.717, 1.165) is 17.8 Å². The van der Waals surface area contributed by atoms with Crippen LogP contribution in [-0.2, 0) is 9.59 Å². The van der Waals surface area contributed by atoms with Crippen LogP contribution >= 0.6 is 11.3 Å². The molecule has 6 nitrogen and oxygen atoms in total. The van der Waals surface area contributed by atoms with Crippen molar-refractivity contribution in [3.05, 3.63) is 28.0 Å². The molecule has 7 heteroatoms.